The number of fused-ring (bicyclic) bond motifs is 1. The smallest absolute Gasteiger partial charge is 0.245 e. The van der Waals surface area contributed by atoms with Crippen molar-refractivity contribution >= 4 is 48.3 Å². The summed E-state index contributed by atoms with van der Waals surface area (Å²) in [5.74, 6) is 0. The molecular formula is C16H17BrN4O2S2. The molecule has 1 fully saturated rings. The molecule has 3 aromatic rings. The summed E-state index contributed by atoms with van der Waals surface area (Å²) in [6.45, 7) is 3.33. The maximum Gasteiger partial charge on any atom is 0.245 e. The fourth-order valence-electron chi connectivity index (χ4n) is 3.07. The Hall–Kier alpha value is -1.26. The summed E-state index contributed by atoms with van der Waals surface area (Å²) >= 11 is 5.20. The molecule has 0 aliphatic carbocycles. The molecule has 0 atom stereocenters. The first kappa shape index (κ1) is 17.2. The van der Waals surface area contributed by atoms with E-state index in [9.17, 15) is 8.42 Å². The highest BCUT2D eigenvalue weighted by Gasteiger charge is 2.30. The number of nitrogens with one attached hydrogen (secondary N) is 1. The van der Waals surface area contributed by atoms with Gasteiger partial charge in [-0.3, -0.25) is 4.90 Å². The zero-order valence-electron chi connectivity index (χ0n) is 13.4. The monoisotopic (exact) mass is 440 g/mol. The largest absolute Gasteiger partial charge is 0.345 e. The van der Waals surface area contributed by atoms with Crippen molar-refractivity contribution in [1.29, 1.82) is 0 Å². The maximum absolute atomic E-state index is 13.0. The number of piperazine rings is 1. The van der Waals surface area contributed by atoms with E-state index in [0.29, 0.717) is 29.0 Å². The Morgan fingerprint density at radius 3 is 2.72 bits per heavy atom. The van der Waals surface area contributed by atoms with Gasteiger partial charge in [0.05, 0.1) is 3.79 Å². The number of halogens is 1. The average Bonchev–Trinajstić information content (AvgIpc) is 3.22. The quantitative estimate of drug-likeness (QED) is 0.676. The summed E-state index contributed by atoms with van der Waals surface area (Å²) in [4.78, 5) is 11.0. The molecule has 0 bridgehead atoms. The van der Waals surface area contributed by atoms with Gasteiger partial charge < -0.3 is 4.98 Å². The van der Waals surface area contributed by atoms with Crippen LogP contribution in [0, 0.1) is 0 Å². The summed E-state index contributed by atoms with van der Waals surface area (Å²) in [6.07, 6.45) is 3.19. The molecule has 9 heteroatoms. The Balaban J connectivity index is 1.48. The normalized spacial score (nSPS) is 17.3. The van der Waals surface area contributed by atoms with Gasteiger partial charge in [-0.1, -0.05) is 0 Å². The molecule has 132 valence electrons. The third kappa shape index (κ3) is 3.39. The highest BCUT2D eigenvalue weighted by molar-refractivity contribution is 9.11. The van der Waals surface area contributed by atoms with E-state index in [2.05, 4.69) is 36.9 Å². The van der Waals surface area contributed by atoms with Crippen LogP contribution in [-0.2, 0) is 16.6 Å². The fraction of sp³-hybridized carbons (Fsp3) is 0.312. The molecule has 0 radical (unpaired) electrons. The van der Waals surface area contributed by atoms with Crippen molar-refractivity contribution in [2.75, 3.05) is 26.2 Å². The molecule has 1 aliphatic rings. The van der Waals surface area contributed by atoms with Gasteiger partial charge in [0.15, 0.2) is 0 Å². The SMILES string of the molecule is O=S(=O)(c1c[nH]c2ncccc12)N1CCN(Cc2ccc(Br)s2)CC1. The van der Waals surface area contributed by atoms with Gasteiger partial charge in [0, 0.05) is 55.4 Å². The Kier molecular flexibility index (Phi) is 4.67. The van der Waals surface area contributed by atoms with Gasteiger partial charge in [-0.2, -0.15) is 4.31 Å². The molecule has 4 heterocycles. The minimum atomic E-state index is -3.51. The van der Waals surface area contributed by atoms with Crippen molar-refractivity contribution in [2.24, 2.45) is 0 Å². The number of aromatic nitrogens is 2. The number of rotatable bonds is 4. The van der Waals surface area contributed by atoms with Crippen LogP contribution in [0.1, 0.15) is 4.88 Å². The molecule has 0 amide bonds. The van der Waals surface area contributed by atoms with E-state index in [4.69, 9.17) is 0 Å². The van der Waals surface area contributed by atoms with E-state index < -0.39 is 10.0 Å². The van der Waals surface area contributed by atoms with Gasteiger partial charge in [0.2, 0.25) is 10.0 Å². The molecule has 0 aromatic carbocycles. The number of nitrogens with zero attached hydrogens (tertiary/aromatic N) is 3. The Morgan fingerprint density at radius 1 is 1.20 bits per heavy atom. The molecule has 1 N–H and O–H groups in total. The van der Waals surface area contributed by atoms with Crippen LogP contribution < -0.4 is 0 Å². The van der Waals surface area contributed by atoms with Crippen LogP contribution in [0.4, 0.5) is 0 Å². The predicted molar refractivity (Wildman–Crippen MR) is 102 cm³/mol. The lowest BCUT2D eigenvalue weighted by molar-refractivity contribution is 0.183. The van der Waals surface area contributed by atoms with Crippen molar-refractivity contribution in [2.45, 2.75) is 11.4 Å². The van der Waals surface area contributed by atoms with Gasteiger partial charge in [-0.15, -0.1) is 11.3 Å². The molecule has 1 saturated heterocycles. The number of H-pyrrole nitrogens is 1. The summed E-state index contributed by atoms with van der Waals surface area (Å²) in [5.41, 5.74) is 0.600. The van der Waals surface area contributed by atoms with Gasteiger partial charge in [0.1, 0.15) is 10.5 Å². The van der Waals surface area contributed by atoms with Gasteiger partial charge >= 0.3 is 0 Å². The number of pyridine rings is 1. The highest BCUT2D eigenvalue weighted by atomic mass is 79.9. The molecule has 0 unspecified atom stereocenters. The Labute approximate surface area is 158 Å². The Bertz CT molecular complexity index is 990. The van der Waals surface area contributed by atoms with E-state index in [1.807, 2.05) is 6.07 Å². The standard InChI is InChI=1S/C16H17BrN4O2S2/c17-15-4-3-12(24-15)11-20-6-8-21(9-7-20)25(22,23)14-10-19-16-13(14)2-1-5-18-16/h1-5,10H,6-9,11H2,(H,18,19). The number of aromatic amines is 1. The first-order valence-corrected chi connectivity index (χ1v) is 11.0. The van der Waals surface area contributed by atoms with Crippen molar-refractivity contribution in [3.63, 3.8) is 0 Å². The van der Waals surface area contributed by atoms with Gasteiger partial charge in [-0.05, 0) is 40.2 Å². The van der Waals surface area contributed by atoms with E-state index in [1.165, 1.54) is 4.88 Å². The molecule has 3 aromatic heterocycles. The first-order chi connectivity index (χ1) is 12.0. The second kappa shape index (κ2) is 6.81. The van der Waals surface area contributed by atoms with Crippen LogP contribution in [0.25, 0.3) is 11.0 Å². The van der Waals surface area contributed by atoms with Crippen LogP contribution >= 0.6 is 27.3 Å². The summed E-state index contributed by atoms with van der Waals surface area (Å²) in [6, 6.07) is 7.70. The van der Waals surface area contributed by atoms with Crippen molar-refractivity contribution in [3.05, 3.63) is 45.3 Å². The first-order valence-electron chi connectivity index (χ1n) is 7.93. The lowest BCUT2D eigenvalue weighted by atomic mass is 10.3. The number of thiophene rings is 1. The van der Waals surface area contributed by atoms with Gasteiger partial charge in [-0.25, -0.2) is 13.4 Å². The summed E-state index contributed by atoms with van der Waals surface area (Å²) in [5, 5.41) is 0.647. The number of hydrogen-bond acceptors (Lipinski definition) is 5. The van der Waals surface area contributed by atoms with Crippen LogP contribution in [0.5, 0.6) is 0 Å². The van der Waals surface area contributed by atoms with E-state index in [1.54, 1.807) is 40.2 Å². The average molecular weight is 441 g/mol. The third-order valence-electron chi connectivity index (χ3n) is 4.37. The van der Waals surface area contributed by atoms with Crippen LogP contribution in [-0.4, -0.2) is 53.8 Å². The number of hydrogen-bond donors (Lipinski definition) is 1. The minimum Gasteiger partial charge on any atom is -0.345 e. The van der Waals surface area contributed by atoms with Crippen LogP contribution in [0.3, 0.4) is 0 Å². The zero-order valence-corrected chi connectivity index (χ0v) is 16.6. The lowest BCUT2D eigenvalue weighted by Gasteiger charge is -2.33. The summed E-state index contributed by atoms with van der Waals surface area (Å²) in [7, 11) is -3.51. The molecule has 1 aliphatic heterocycles. The maximum atomic E-state index is 13.0. The van der Waals surface area contributed by atoms with E-state index in [0.717, 1.165) is 23.4 Å². The topological polar surface area (TPSA) is 69.3 Å². The molecule has 25 heavy (non-hydrogen) atoms. The fourth-order valence-corrected chi connectivity index (χ4v) is 6.17. The molecule has 4 rings (SSSR count). The van der Waals surface area contributed by atoms with E-state index >= 15 is 0 Å². The van der Waals surface area contributed by atoms with Crippen LogP contribution in [0.2, 0.25) is 0 Å². The summed E-state index contributed by atoms with van der Waals surface area (Å²) < 4.78 is 28.7. The van der Waals surface area contributed by atoms with Gasteiger partial charge in [0.25, 0.3) is 0 Å². The predicted octanol–water partition coefficient (Wildman–Crippen LogP) is 2.89. The van der Waals surface area contributed by atoms with E-state index in [-0.39, 0.29) is 0 Å². The second-order valence-corrected chi connectivity index (χ2v) is 10.4. The number of sulfonamides is 1. The van der Waals surface area contributed by atoms with Crippen molar-refractivity contribution in [3.8, 4) is 0 Å². The molecule has 6 nitrogen and oxygen atoms in total. The molecule has 0 saturated carbocycles. The zero-order chi connectivity index (χ0) is 17.4. The third-order valence-corrected chi connectivity index (χ3v) is 7.92. The molecular weight excluding hydrogens is 424 g/mol. The highest BCUT2D eigenvalue weighted by Crippen LogP contribution is 2.26. The lowest BCUT2D eigenvalue weighted by Crippen LogP contribution is -2.48. The second-order valence-electron chi connectivity index (χ2n) is 5.94. The van der Waals surface area contributed by atoms with Crippen molar-refractivity contribution < 1.29 is 8.42 Å². The molecule has 0 spiro atoms. The Morgan fingerprint density at radius 2 is 2.00 bits per heavy atom. The van der Waals surface area contributed by atoms with Crippen LogP contribution in [0.15, 0.2) is 45.3 Å². The van der Waals surface area contributed by atoms with Crippen molar-refractivity contribution in [1.82, 2.24) is 19.2 Å². The minimum absolute atomic E-state index is 0.311.